The van der Waals surface area contributed by atoms with E-state index in [0.717, 1.165) is 62.2 Å². The maximum atomic E-state index is 14.9. The fourth-order valence-electron chi connectivity index (χ4n) is 9.74. The van der Waals surface area contributed by atoms with E-state index >= 15 is 0 Å². The second-order valence-corrected chi connectivity index (χ2v) is 19.3. The van der Waals surface area contributed by atoms with Crippen LogP contribution in [0.1, 0.15) is 83.7 Å². The van der Waals surface area contributed by atoms with Gasteiger partial charge in [-0.3, -0.25) is 19.0 Å². The predicted octanol–water partition coefficient (Wildman–Crippen LogP) is 6.75. The third-order valence-corrected chi connectivity index (χ3v) is 15.1. The number of allylic oxidation sites excluding steroid dienone is 1. The van der Waals surface area contributed by atoms with Gasteiger partial charge in [0.05, 0.1) is 30.3 Å². The molecule has 57 heavy (non-hydrogen) atoms. The smallest absolute Gasteiger partial charge is 0.286 e. The lowest BCUT2D eigenvalue weighted by atomic mass is 9.68. The number of ether oxygens (including phenoxy) is 3. The van der Waals surface area contributed by atoms with Crippen molar-refractivity contribution in [2.75, 3.05) is 62.6 Å². The highest BCUT2D eigenvalue weighted by Crippen LogP contribution is 2.47. The van der Waals surface area contributed by atoms with Crippen LogP contribution in [0.5, 0.6) is 5.75 Å². The van der Waals surface area contributed by atoms with Gasteiger partial charge in [0.1, 0.15) is 21.2 Å². The molecule has 2 amide bonds. The van der Waals surface area contributed by atoms with E-state index in [1.165, 1.54) is 11.1 Å². The molecule has 1 aromatic heterocycles. The number of nitrogens with one attached hydrogen (secondary N) is 1. The minimum absolute atomic E-state index is 0.0144. The van der Waals surface area contributed by atoms with E-state index in [4.69, 9.17) is 25.8 Å². The minimum atomic E-state index is -3.61. The van der Waals surface area contributed by atoms with Crippen molar-refractivity contribution in [1.29, 1.82) is 0 Å². The lowest BCUT2D eigenvalue weighted by Crippen LogP contribution is -2.49. The quantitative estimate of drug-likeness (QED) is 0.278. The largest absolute Gasteiger partial charge is 0.490 e. The zero-order valence-electron chi connectivity index (χ0n) is 33.5. The van der Waals surface area contributed by atoms with Crippen molar-refractivity contribution in [3.05, 3.63) is 82.0 Å². The molecule has 4 heterocycles. The predicted molar refractivity (Wildman–Crippen MR) is 223 cm³/mol. The summed E-state index contributed by atoms with van der Waals surface area (Å²) in [6, 6.07) is 11.6. The summed E-state index contributed by atoms with van der Waals surface area (Å²) in [6.07, 6.45) is 13.2. The first-order valence-electron chi connectivity index (χ1n) is 20.4. The van der Waals surface area contributed by atoms with E-state index in [0.29, 0.717) is 61.6 Å². The molecule has 0 radical (unpaired) electrons. The second-order valence-electron chi connectivity index (χ2n) is 16.9. The molecule has 8 rings (SSSR count). The van der Waals surface area contributed by atoms with Crippen LogP contribution in [0.2, 0.25) is 5.02 Å². The average molecular weight is 819 g/mol. The van der Waals surface area contributed by atoms with E-state index in [-0.39, 0.29) is 34.9 Å². The fourth-order valence-corrected chi connectivity index (χ4v) is 11.8. The van der Waals surface area contributed by atoms with Crippen LogP contribution in [-0.4, -0.2) is 90.8 Å². The summed E-state index contributed by atoms with van der Waals surface area (Å²) in [5.41, 5.74) is 3.66. The van der Waals surface area contributed by atoms with E-state index in [2.05, 4.69) is 48.3 Å². The highest BCUT2D eigenvalue weighted by atomic mass is 35.5. The minimum Gasteiger partial charge on any atom is -0.490 e. The van der Waals surface area contributed by atoms with Gasteiger partial charge >= 0.3 is 0 Å². The Morgan fingerprint density at radius 1 is 1.07 bits per heavy atom. The van der Waals surface area contributed by atoms with Crippen molar-refractivity contribution >= 4 is 44.8 Å². The number of hydrogen-bond donors (Lipinski definition) is 1. The summed E-state index contributed by atoms with van der Waals surface area (Å²) < 4.78 is 42.0. The monoisotopic (exact) mass is 818 g/mol. The second kappa shape index (κ2) is 16.4. The number of carbonyl (C=O) groups excluding carboxylic acids is 2. The first-order valence-corrected chi connectivity index (χ1v) is 22.5. The molecule has 12 nitrogen and oxygen atoms in total. The summed E-state index contributed by atoms with van der Waals surface area (Å²) in [5.74, 6) is 0.497. The Balaban J connectivity index is 1.16. The first kappa shape index (κ1) is 39.9. The zero-order chi connectivity index (χ0) is 39.9. The first-order chi connectivity index (χ1) is 27.5. The van der Waals surface area contributed by atoms with Gasteiger partial charge in [0.25, 0.3) is 11.8 Å². The lowest BCUT2D eigenvalue weighted by molar-refractivity contribution is 0.0131. The highest BCUT2D eigenvalue weighted by Gasteiger charge is 2.44. The number of amides is 2. The Kier molecular flexibility index (Phi) is 11.5. The van der Waals surface area contributed by atoms with E-state index in [1.807, 2.05) is 25.1 Å². The van der Waals surface area contributed by atoms with Crippen LogP contribution in [0.3, 0.4) is 0 Å². The van der Waals surface area contributed by atoms with Gasteiger partial charge in [-0.1, -0.05) is 36.7 Å². The summed E-state index contributed by atoms with van der Waals surface area (Å²) >= 11 is 6.49. The molecule has 6 atom stereocenters. The SMILES string of the molecule is COC1CCN(c2nn(C)cc2C(=O)NS2(=O)=NC(=O)c3ccc4c(c3)N(C[C@@H]3CC[C@H]3[C@@H](OC)/C=C\C[C@H](C)C2)C[C@@]2(CCCc3cc(Cl)ccc32)CO4)CC1. The number of piperidine rings is 1. The van der Waals surface area contributed by atoms with Gasteiger partial charge in [-0.25, -0.2) is 4.21 Å². The third-order valence-electron chi connectivity index (χ3n) is 12.9. The number of methoxy groups -OCH3 is 2. The van der Waals surface area contributed by atoms with Crippen LogP contribution in [0.25, 0.3) is 0 Å². The summed E-state index contributed by atoms with van der Waals surface area (Å²) in [7, 11) is 1.63. The van der Waals surface area contributed by atoms with Crippen LogP contribution < -0.4 is 19.3 Å². The molecule has 2 bridgehead atoms. The number of halogens is 1. The van der Waals surface area contributed by atoms with Crippen LogP contribution in [0, 0.1) is 17.8 Å². The van der Waals surface area contributed by atoms with Gasteiger partial charge in [0, 0.05) is 69.6 Å². The Hall–Kier alpha value is -3.91. The van der Waals surface area contributed by atoms with E-state index < -0.39 is 21.7 Å². The summed E-state index contributed by atoms with van der Waals surface area (Å²) in [4.78, 5) is 32.8. The number of rotatable bonds is 5. The summed E-state index contributed by atoms with van der Waals surface area (Å²) in [5, 5.41) is 5.35. The molecule has 1 saturated heterocycles. The summed E-state index contributed by atoms with van der Waals surface area (Å²) in [6.45, 7) is 5.28. The number of anilines is 2. The molecule has 1 spiro atoms. The fraction of sp³-hybridized carbons (Fsp3) is 0.558. The van der Waals surface area contributed by atoms with E-state index in [9.17, 15) is 13.8 Å². The molecule has 1 unspecified atom stereocenters. The normalized spacial score (nSPS) is 29.9. The van der Waals surface area contributed by atoms with Crippen molar-refractivity contribution in [2.24, 2.45) is 29.2 Å². The van der Waals surface area contributed by atoms with Crippen molar-refractivity contribution < 1.29 is 28.0 Å². The maximum Gasteiger partial charge on any atom is 0.286 e. The van der Waals surface area contributed by atoms with Crippen LogP contribution in [-0.2, 0) is 38.3 Å². The number of nitrogens with zero attached hydrogens (tertiary/aromatic N) is 5. The van der Waals surface area contributed by atoms with Gasteiger partial charge in [0.2, 0.25) is 0 Å². The Morgan fingerprint density at radius 3 is 2.65 bits per heavy atom. The van der Waals surface area contributed by atoms with Crippen LogP contribution >= 0.6 is 11.6 Å². The maximum absolute atomic E-state index is 14.9. The number of aromatic nitrogens is 2. The average Bonchev–Trinajstić information content (AvgIpc) is 3.51. The molecule has 2 fully saturated rings. The molecule has 1 saturated carbocycles. The number of aryl methyl sites for hydroxylation is 2. The van der Waals surface area contributed by atoms with Gasteiger partial charge in [0.15, 0.2) is 5.82 Å². The lowest BCUT2D eigenvalue weighted by Gasteiger charge is -2.46. The van der Waals surface area contributed by atoms with Crippen LogP contribution in [0.15, 0.2) is 59.1 Å². The molecule has 3 aromatic rings. The molecule has 306 valence electrons. The zero-order valence-corrected chi connectivity index (χ0v) is 35.0. The van der Waals surface area contributed by atoms with Gasteiger partial charge < -0.3 is 24.0 Å². The number of benzene rings is 2. The Bertz CT molecular complexity index is 2160. The molecule has 1 N–H and O–H groups in total. The van der Waals surface area contributed by atoms with Crippen molar-refractivity contribution in [1.82, 2.24) is 14.5 Å². The molecule has 2 aromatic carbocycles. The van der Waals surface area contributed by atoms with Crippen molar-refractivity contribution in [2.45, 2.75) is 75.9 Å². The third kappa shape index (κ3) is 8.22. The standard InChI is InChI=1S/C43H55ClN6O6S/c1-28-7-5-9-38(55-4)34-13-10-31(34)23-50-26-43(18-6-8-29-21-32(44)12-14-36(29)43)27-56-39-15-11-30(22-37(39)50)41(51)46-57(53,25-28)47-42(52)35-24-48(2)45-40(35)49-19-16-33(54-3)17-20-49/h5,9,11-12,14-15,21-22,24,28,31,33-34,38H,6-8,10,13,16-20,23,25-27H2,1-4H3,(H,46,47,51,52,53)/b9-5-/t28-,31-,34+,38-,43-,57?/m0/s1. The molecular weight excluding hydrogens is 764 g/mol. The number of carbonyl (C=O) groups is 2. The van der Waals surface area contributed by atoms with Gasteiger partial charge in [-0.2, -0.15) is 5.10 Å². The van der Waals surface area contributed by atoms with Gasteiger partial charge in [-0.15, -0.1) is 4.36 Å². The Morgan fingerprint density at radius 2 is 1.89 bits per heavy atom. The molecule has 14 heteroatoms. The molecule has 3 aliphatic heterocycles. The number of fused-ring (bicyclic) bond motifs is 4. The topological polar surface area (TPSA) is 128 Å². The Labute approximate surface area is 341 Å². The number of hydrogen-bond acceptors (Lipinski definition) is 9. The molecule has 2 aliphatic carbocycles. The van der Waals surface area contributed by atoms with Gasteiger partial charge in [-0.05, 0) is 111 Å². The van der Waals surface area contributed by atoms with Crippen molar-refractivity contribution in [3.8, 4) is 5.75 Å². The van der Waals surface area contributed by atoms with Crippen molar-refractivity contribution in [3.63, 3.8) is 0 Å². The molecular formula is C43H55ClN6O6S. The molecule has 5 aliphatic rings. The highest BCUT2D eigenvalue weighted by molar-refractivity contribution is 7.92. The van der Waals surface area contributed by atoms with E-state index in [1.54, 1.807) is 38.2 Å². The van der Waals surface area contributed by atoms with Crippen LogP contribution in [0.4, 0.5) is 11.5 Å².